The summed E-state index contributed by atoms with van der Waals surface area (Å²) in [5.41, 5.74) is 1.77. The zero-order valence-electron chi connectivity index (χ0n) is 16.3. The van der Waals surface area contributed by atoms with Crippen molar-refractivity contribution in [2.24, 2.45) is 0 Å². The van der Waals surface area contributed by atoms with Crippen molar-refractivity contribution in [3.8, 4) is 23.0 Å². The number of anilines is 1. The molecule has 6 rings (SSSR count). The Morgan fingerprint density at radius 2 is 1.93 bits per heavy atom. The number of hydrogen-bond donors (Lipinski definition) is 0. The third-order valence-electron chi connectivity index (χ3n) is 6.07. The van der Waals surface area contributed by atoms with Crippen molar-refractivity contribution in [3.05, 3.63) is 60.6 Å². The van der Waals surface area contributed by atoms with Gasteiger partial charge in [-0.1, -0.05) is 30.3 Å². The zero-order chi connectivity index (χ0) is 19.6. The third-order valence-corrected chi connectivity index (χ3v) is 6.07. The van der Waals surface area contributed by atoms with E-state index in [0.717, 1.165) is 53.9 Å². The Hall–Kier alpha value is -3.55. The topological polar surface area (TPSA) is 77.5 Å². The van der Waals surface area contributed by atoms with Crippen LogP contribution in [-0.4, -0.2) is 40.8 Å². The molecule has 144 valence electrons. The van der Waals surface area contributed by atoms with E-state index in [2.05, 4.69) is 36.6 Å². The van der Waals surface area contributed by atoms with Crippen LogP contribution in [0.15, 0.2) is 48.9 Å². The van der Waals surface area contributed by atoms with Gasteiger partial charge in [-0.3, -0.25) is 9.13 Å². The molecule has 5 heterocycles. The highest BCUT2D eigenvalue weighted by Crippen LogP contribution is 2.46. The molecule has 0 unspecified atom stereocenters. The molecule has 0 bridgehead atoms. The Morgan fingerprint density at radius 3 is 2.79 bits per heavy atom. The maximum absolute atomic E-state index is 5.01. The van der Waals surface area contributed by atoms with E-state index >= 15 is 0 Å². The Balaban J connectivity index is 1.55. The number of aryl methyl sites for hydroxylation is 1. The fraction of sp³-hybridized carbons (Fsp3) is 0.286. The predicted molar refractivity (Wildman–Crippen MR) is 108 cm³/mol. The number of benzene rings is 1. The molecule has 1 atom stereocenters. The molecule has 2 aliphatic heterocycles. The number of hydrogen-bond acceptors (Lipinski definition) is 6. The predicted octanol–water partition coefficient (Wildman–Crippen LogP) is 3.05. The van der Waals surface area contributed by atoms with E-state index in [-0.39, 0.29) is 5.54 Å². The first-order valence-electron chi connectivity index (χ1n) is 9.83. The van der Waals surface area contributed by atoms with Gasteiger partial charge in [0.25, 0.3) is 0 Å². The minimum atomic E-state index is -0.197. The Bertz CT molecular complexity index is 1220. The van der Waals surface area contributed by atoms with Crippen molar-refractivity contribution in [1.29, 1.82) is 0 Å². The van der Waals surface area contributed by atoms with E-state index in [0.29, 0.717) is 5.95 Å². The molecular formula is C21H20N8. The fourth-order valence-electron chi connectivity index (χ4n) is 4.63. The summed E-state index contributed by atoms with van der Waals surface area (Å²) < 4.78 is 4.05. The quantitative estimate of drug-likeness (QED) is 0.529. The van der Waals surface area contributed by atoms with Gasteiger partial charge in [0.05, 0.1) is 11.7 Å². The van der Waals surface area contributed by atoms with E-state index in [1.54, 1.807) is 6.20 Å². The third kappa shape index (κ3) is 2.16. The van der Waals surface area contributed by atoms with Crippen molar-refractivity contribution in [3.63, 3.8) is 0 Å². The number of aromatic nitrogens is 7. The molecule has 0 N–H and O–H groups in total. The highest BCUT2D eigenvalue weighted by atomic mass is 15.4. The molecular weight excluding hydrogens is 364 g/mol. The number of nitrogens with zero attached hydrogens (tertiary/aromatic N) is 8. The van der Waals surface area contributed by atoms with Gasteiger partial charge >= 0.3 is 0 Å². The molecule has 3 aromatic heterocycles. The lowest BCUT2D eigenvalue weighted by molar-refractivity contribution is 0.435. The molecule has 0 amide bonds. The monoisotopic (exact) mass is 384 g/mol. The van der Waals surface area contributed by atoms with Gasteiger partial charge in [0.1, 0.15) is 17.3 Å². The standard InChI is InChI=1S/C21H20N8/c1-14-25-26-19-21(2)9-6-11-28(21)18-16(29(14)19)13-23-20(24-18)27-12-10-22-17(27)15-7-4-3-5-8-15/h3-5,7-8,10,12-13H,6,9,11H2,1-2H3/t21-/m0/s1. The maximum atomic E-state index is 5.01. The Morgan fingerprint density at radius 1 is 1.07 bits per heavy atom. The second-order valence-electron chi connectivity index (χ2n) is 7.80. The van der Waals surface area contributed by atoms with Gasteiger partial charge in [-0.25, -0.2) is 9.97 Å². The summed E-state index contributed by atoms with van der Waals surface area (Å²) in [5.74, 6) is 4.20. The second kappa shape index (κ2) is 5.73. The van der Waals surface area contributed by atoms with E-state index in [1.165, 1.54) is 0 Å². The molecule has 1 aromatic carbocycles. The lowest BCUT2D eigenvalue weighted by atomic mass is 9.95. The molecule has 8 nitrogen and oxygen atoms in total. The van der Waals surface area contributed by atoms with Crippen LogP contribution in [0.4, 0.5) is 5.82 Å². The van der Waals surface area contributed by atoms with Crippen LogP contribution in [0.3, 0.4) is 0 Å². The summed E-state index contributed by atoms with van der Waals surface area (Å²) >= 11 is 0. The molecule has 4 aromatic rings. The van der Waals surface area contributed by atoms with Crippen molar-refractivity contribution in [2.75, 3.05) is 11.4 Å². The summed E-state index contributed by atoms with van der Waals surface area (Å²) in [4.78, 5) is 16.6. The van der Waals surface area contributed by atoms with Crippen LogP contribution in [0, 0.1) is 6.92 Å². The van der Waals surface area contributed by atoms with Crippen LogP contribution >= 0.6 is 0 Å². The lowest BCUT2D eigenvalue weighted by Gasteiger charge is -2.40. The zero-order valence-corrected chi connectivity index (χ0v) is 16.3. The average Bonchev–Trinajstić information content (AvgIpc) is 3.47. The summed E-state index contributed by atoms with van der Waals surface area (Å²) in [5, 5.41) is 8.84. The first kappa shape index (κ1) is 16.4. The van der Waals surface area contributed by atoms with Crippen LogP contribution in [0.5, 0.6) is 0 Å². The molecule has 0 spiro atoms. The second-order valence-corrected chi connectivity index (χ2v) is 7.80. The van der Waals surface area contributed by atoms with Crippen molar-refractivity contribution >= 4 is 5.82 Å². The summed E-state index contributed by atoms with van der Waals surface area (Å²) in [6, 6.07) is 10.1. The van der Waals surface area contributed by atoms with E-state index in [1.807, 2.05) is 54.2 Å². The smallest absolute Gasteiger partial charge is 0.237 e. The van der Waals surface area contributed by atoms with Crippen molar-refractivity contribution in [2.45, 2.75) is 32.2 Å². The largest absolute Gasteiger partial charge is 0.342 e. The van der Waals surface area contributed by atoms with Crippen LogP contribution in [0.2, 0.25) is 0 Å². The molecule has 1 saturated heterocycles. The fourth-order valence-corrected chi connectivity index (χ4v) is 4.63. The summed E-state index contributed by atoms with van der Waals surface area (Å²) in [7, 11) is 0. The van der Waals surface area contributed by atoms with Gasteiger partial charge in [-0.15, -0.1) is 10.2 Å². The van der Waals surface area contributed by atoms with Gasteiger partial charge in [0.2, 0.25) is 5.95 Å². The maximum Gasteiger partial charge on any atom is 0.237 e. The SMILES string of the molecule is Cc1nnc2n1-c1cnc(-n3ccnc3-c3ccccc3)nc1N1CCC[C@@]21C. The molecule has 0 aliphatic carbocycles. The highest BCUT2D eigenvalue weighted by Gasteiger charge is 2.48. The molecule has 29 heavy (non-hydrogen) atoms. The van der Waals surface area contributed by atoms with E-state index in [4.69, 9.17) is 4.98 Å². The molecule has 2 aliphatic rings. The van der Waals surface area contributed by atoms with Gasteiger partial charge in [0, 0.05) is 24.5 Å². The lowest BCUT2D eigenvalue weighted by Crippen LogP contribution is -2.45. The minimum Gasteiger partial charge on any atom is -0.342 e. The number of rotatable bonds is 2. The highest BCUT2D eigenvalue weighted by molar-refractivity contribution is 5.65. The van der Waals surface area contributed by atoms with Gasteiger partial charge in [-0.05, 0) is 26.7 Å². The Kier molecular flexibility index (Phi) is 3.24. The Labute approximate surface area is 167 Å². The molecule has 0 saturated carbocycles. The van der Waals surface area contributed by atoms with E-state index < -0.39 is 0 Å². The number of fused-ring (bicyclic) bond motifs is 6. The van der Waals surface area contributed by atoms with Crippen LogP contribution in [0.1, 0.15) is 31.4 Å². The number of imidazole rings is 1. The van der Waals surface area contributed by atoms with E-state index in [9.17, 15) is 0 Å². The first-order chi connectivity index (χ1) is 14.2. The van der Waals surface area contributed by atoms with Gasteiger partial charge in [0.15, 0.2) is 11.6 Å². The molecule has 0 radical (unpaired) electrons. The normalized spacial score (nSPS) is 19.7. The average molecular weight is 384 g/mol. The van der Waals surface area contributed by atoms with Crippen molar-refractivity contribution < 1.29 is 0 Å². The van der Waals surface area contributed by atoms with Gasteiger partial charge < -0.3 is 4.90 Å². The van der Waals surface area contributed by atoms with Crippen LogP contribution in [0.25, 0.3) is 23.0 Å². The van der Waals surface area contributed by atoms with Crippen LogP contribution in [-0.2, 0) is 5.54 Å². The first-order valence-corrected chi connectivity index (χ1v) is 9.83. The van der Waals surface area contributed by atoms with Crippen molar-refractivity contribution in [1.82, 2.24) is 34.3 Å². The molecule has 1 fully saturated rings. The minimum absolute atomic E-state index is 0.197. The summed E-state index contributed by atoms with van der Waals surface area (Å²) in [6.07, 6.45) is 7.70. The molecule has 8 heteroatoms. The van der Waals surface area contributed by atoms with Gasteiger partial charge in [-0.2, -0.15) is 4.98 Å². The van der Waals surface area contributed by atoms with Crippen LogP contribution < -0.4 is 4.90 Å². The summed E-state index contributed by atoms with van der Waals surface area (Å²) in [6.45, 7) is 5.16.